The van der Waals surface area contributed by atoms with E-state index in [9.17, 15) is 19.2 Å². The number of nitrogens with one attached hydrogen (secondary N) is 1. The van der Waals surface area contributed by atoms with Crippen molar-refractivity contribution in [2.45, 2.75) is 26.7 Å². The van der Waals surface area contributed by atoms with Crippen molar-refractivity contribution in [1.82, 2.24) is 4.90 Å². The molecule has 0 atom stereocenters. The van der Waals surface area contributed by atoms with Gasteiger partial charge in [-0.25, -0.2) is 4.79 Å². The minimum Gasteiger partial charge on any atom is -0.462 e. The molecule has 142 valence electrons. The molecule has 0 saturated heterocycles. The van der Waals surface area contributed by atoms with Gasteiger partial charge in [0.25, 0.3) is 11.8 Å². The Labute approximate surface area is 155 Å². The number of anilines is 1. The Morgan fingerprint density at radius 1 is 1.19 bits per heavy atom. The van der Waals surface area contributed by atoms with E-state index in [1.807, 2.05) is 0 Å². The van der Waals surface area contributed by atoms with Gasteiger partial charge in [-0.3, -0.25) is 14.4 Å². The molecular formula is C17H22N2O6S. The van der Waals surface area contributed by atoms with E-state index in [1.54, 1.807) is 27.9 Å². The highest BCUT2D eigenvalue weighted by atomic mass is 32.1. The summed E-state index contributed by atoms with van der Waals surface area (Å²) < 4.78 is 9.96. The van der Waals surface area contributed by atoms with E-state index in [2.05, 4.69) is 5.32 Å². The number of hydrogen-bond acceptors (Lipinski definition) is 7. The summed E-state index contributed by atoms with van der Waals surface area (Å²) >= 11 is 0.994. The minimum atomic E-state index is -0.621. The molecule has 0 unspecified atom stereocenters. The Balaban J connectivity index is 2.19. The lowest BCUT2D eigenvalue weighted by molar-refractivity contribution is -0.148. The van der Waals surface area contributed by atoms with Crippen molar-refractivity contribution in [2.75, 3.05) is 32.6 Å². The van der Waals surface area contributed by atoms with E-state index in [1.165, 1.54) is 4.90 Å². The second kappa shape index (κ2) is 8.31. The summed E-state index contributed by atoms with van der Waals surface area (Å²) in [5.74, 6) is -1.97. The molecule has 1 N–H and O–H groups in total. The lowest BCUT2D eigenvalue weighted by Crippen LogP contribution is -2.22. The van der Waals surface area contributed by atoms with Crippen LogP contribution in [0.25, 0.3) is 0 Å². The van der Waals surface area contributed by atoms with Crippen molar-refractivity contribution < 1.29 is 28.7 Å². The third-order valence-corrected chi connectivity index (χ3v) is 4.93. The summed E-state index contributed by atoms with van der Waals surface area (Å²) in [7, 11) is 3.20. The average molecular weight is 382 g/mol. The first-order valence-corrected chi connectivity index (χ1v) is 9.06. The Morgan fingerprint density at radius 2 is 1.85 bits per heavy atom. The van der Waals surface area contributed by atoms with Gasteiger partial charge >= 0.3 is 11.9 Å². The standard InChI is InChI=1S/C17H22N2O6S/c1-5-24-17(23)12-9(2)13(15(21)19(3)4)26-14(12)18-11(20)8-25-16(22)10-6-7-10/h10H,5-8H2,1-4H3,(H,18,20). The fourth-order valence-corrected chi connectivity index (χ4v) is 3.43. The minimum absolute atomic E-state index is 0.105. The molecule has 1 saturated carbocycles. The highest BCUT2D eigenvalue weighted by Gasteiger charge is 2.32. The number of nitrogens with zero attached hydrogens (tertiary/aromatic N) is 1. The monoisotopic (exact) mass is 382 g/mol. The average Bonchev–Trinajstić information content (AvgIpc) is 3.37. The maximum atomic E-state index is 12.3. The van der Waals surface area contributed by atoms with Gasteiger partial charge in [0.2, 0.25) is 0 Å². The molecule has 26 heavy (non-hydrogen) atoms. The van der Waals surface area contributed by atoms with E-state index < -0.39 is 24.5 Å². The summed E-state index contributed by atoms with van der Waals surface area (Å²) in [6, 6.07) is 0. The van der Waals surface area contributed by atoms with Gasteiger partial charge in [-0.15, -0.1) is 11.3 Å². The molecule has 1 heterocycles. The molecule has 1 aliphatic rings. The zero-order valence-electron chi connectivity index (χ0n) is 15.2. The normalized spacial score (nSPS) is 13.1. The topological polar surface area (TPSA) is 102 Å². The molecule has 9 heteroatoms. The van der Waals surface area contributed by atoms with Crippen molar-refractivity contribution in [3.05, 3.63) is 16.0 Å². The predicted octanol–water partition coefficient (Wildman–Crippen LogP) is 1.83. The lowest BCUT2D eigenvalue weighted by Gasteiger charge is -2.09. The van der Waals surface area contributed by atoms with Crippen LogP contribution in [0.2, 0.25) is 0 Å². The Kier molecular flexibility index (Phi) is 6.36. The first-order chi connectivity index (χ1) is 12.3. The zero-order chi connectivity index (χ0) is 19.4. The lowest BCUT2D eigenvalue weighted by atomic mass is 10.1. The number of carbonyl (C=O) groups excluding carboxylic acids is 4. The molecule has 0 aliphatic heterocycles. The van der Waals surface area contributed by atoms with Crippen molar-refractivity contribution in [3.8, 4) is 0 Å². The van der Waals surface area contributed by atoms with Gasteiger partial charge in [0.1, 0.15) is 5.00 Å². The van der Waals surface area contributed by atoms with Crippen molar-refractivity contribution >= 4 is 40.1 Å². The summed E-state index contributed by atoms with van der Waals surface area (Å²) in [5.41, 5.74) is 0.585. The highest BCUT2D eigenvalue weighted by Crippen LogP contribution is 2.34. The van der Waals surface area contributed by atoms with Crippen molar-refractivity contribution in [1.29, 1.82) is 0 Å². The summed E-state index contributed by atoms with van der Waals surface area (Å²) in [6.45, 7) is 3.02. The van der Waals surface area contributed by atoms with Gasteiger partial charge in [0.05, 0.1) is 23.0 Å². The fourth-order valence-electron chi connectivity index (χ4n) is 2.19. The van der Waals surface area contributed by atoms with Gasteiger partial charge in [0, 0.05) is 14.1 Å². The number of carbonyl (C=O) groups is 4. The smallest absolute Gasteiger partial charge is 0.341 e. The number of esters is 2. The SMILES string of the molecule is CCOC(=O)c1c(NC(=O)COC(=O)C2CC2)sc(C(=O)N(C)C)c1C. The van der Waals surface area contributed by atoms with E-state index in [0.717, 1.165) is 24.2 Å². The van der Waals surface area contributed by atoms with Crippen LogP contribution in [0, 0.1) is 12.8 Å². The van der Waals surface area contributed by atoms with Gasteiger partial charge in [0.15, 0.2) is 6.61 Å². The van der Waals surface area contributed by atoms with Crippen LogP contribution in [0.4, 0.5) is 5.00 Å². The van der Waals surface area contributed by atoms with Crippen molar-refractivity contribution in [3.63, 3.8) is 0 Å². The third-order valence-electron chi connectivity index (χ3n) is 3.74. The summed E-state index contributed by atoms with van der Waals surface area (Å²) in [5, 5.41) is 2.76. The predicted molar refractivity (Wildman–Crippen MR) is 95.3 cm³/mol. The van der Waals surface area contributed by atoms with Gasteiger partial charge in [-0.1, -0.05) is 0 Å². The fraction of sp³-hybridized carbons (Fsp3) is 0.529. The van der Waals surface area contributed by atoms with Gasteiger partial charge in [-0.05, 0) is 32.3 Å². The largest absolute Gasteiger partial charge is 0.462 e. The Bertz CT molecular complexity index is 736. The molecule has 0 aromatic carbocycles. The summed E-state index contributed by atoms with van der Waals surface area (Å²) in [4.78, 5) is 49.9. The number of ether oxygens (including phenoxy) is 2. The van der Waals surface area contributed by atoms with E-state index in [4.69, 9.17) is 9.47 Å². The molecule has 0 radical (unpaired) electrons. The van der Waals surface area contributed by atoms with Crippen LogP contribution in [0.5, 0.6) is 0 Å². The van der Waals surface area contributed by atoms with Crippen molar-refractivity contribution in [2.24, 2.45) is 5.92 Å². The number of amides is 2. The zero-order valence-corrected chi connectivity index (χ0v) is 16.0. The molecule has 2 amide bonds. The van der Waals surface area contributed by atoms with Crippen LogP contribution in [0.15, 0.2) is 0 Å². The van der Waals surface area contributed by atoms with Crippen LogP contribution >= 0.6 is 11.3 Å². The molecule has 2 rings (SSSR count). The van der Waals surface area contributed by atoms with E-state index in [-0.39, 0.29) is 29.0 Å². The highest BCUT2D eigenvalue weighted by molar-refractivity contribution is 7.18. The Morgan fingerprint density at radius 3 is 2.38 bits per heavy atom. The van der Waals surface area contributed by atoms with Crippen LogP contribution in [-0.2, 0) is 19.1 Å². The molecule has 0 spiro atoms. The molecule has 1 aromatic heterocycles. The van der Waals surface area contributed by atoms with Crippen LogP contribution < -0.4 is 5.32 Å². The number of hydrogen-bond donors (Lipinski definition) is 1. The van der Waals surface area contributed by atoms with E-state index >= 15 is 0 Å². The van der Waals surface area contributed by atoms with E-state index in [0.29, 0.717) is 10.4 Å². The molecule has 1 fully saturated rings. The maximum absolute atomic E-state index is 12.3. The molecular weight excluding hydrogens is 360 g/mol. The second-order valence-electron chi connectivity index (χ2n) is 6.11. The quantitative estimate of drug-likeness (QED) is 0.722. The number of thiophene rings is 1. The number of rotatable bonds is 7. The molecule has 0 bridgehead atoms. The second-order valence-corrected chi connectivity index (χ2v) is 7.13. The maximum Gasteiger partial charge on any atom is 0.341 e. The first-order valence-electron chi connectivity index (χ1n) is 8.24. The molecule has 1 aromatic rings. The van der Waals surface area contributed by atoms with Gasteiger partial charge < -0.3 is 19.7 Å². The third kappa shape index (κ3) is 4.60. The first kappa shape index (κ1) is 19.9. The molecule has 8 nitrogen and oxygen atoms in total. The Hall–Kier alpha value is -2.42. The summed E-state index contributed by atoms with van der Waals surface area (Å²) in [6.07, 6.45) is 1.57. The van der Waals surface area contributed by atoms with Gasteiger partial charge in [-0.2, -0.15) is 0 Å². The van der Waals surface area contributed by atoms with Crippen LogP contribution in [0.3, 0.4) is 0 Å². The van der Waals surface area contributed by atoms with Crippen LogP contribution in [0.1, 0.15) is 45.4 Å². The molecule has 1 aliphatic carbocycles. The van der Waals surface area contributed by atoms with Crippen LogP contribution in [-0.4, -0.2) is 56.0 Å².